The predicted octanol–water partition coefficient (Wildman–Crippen LogP) is 2.05. The van der Waals surface area contributed by atoms with Gasteiger partial charge in [-0.25, -0.2) is 9.78 Å². The lowest BCUT2D eigenvalue weighted by atomic mass is 9.85. The van der Waals surface area contributed by atoms with Gasteiger partial charge in [-0.2, -0.15) is 0 Å². The summed E-state index contributed by atoms with van der Waals surface area (Å²) in [7, 11) is 8.98. The first-order valence-electron chi connectivity index (χ1n) is 10.1. The van der Waals surface area contributed by atoms with E-state index in [1.807, 2.05) is 12.1 Å². The van der Waals surface area contributed by atoms with Gasteiger partial charge in [0.2, 0.25) is 0 Å². The number of hydrogen-bond donors (Lipinski definition) is 1. The molecule has 0 bridgehead atoms. The van der Waals surface area contributed by atoms with Gasteiger partial charge in [-0.15, -0.1) is 0 Å². The first-order valence-corrected chi connectivity index (χ1v) is 10.1. The highest BCUT2D eigenvalue weighted by atomic mass is 16.3. The normalized spacial score (nSPS) is 13.2. The molecule has 3 aromatic rings. The Morgan fingerprint density at radius 1 is 1.13 bits per heavy atom. The summed E-state index contributed by atoms with van der Waals surface area (Å²) < 4.78 is 4.04. The van der Waals surface area contributed by atoms with Crippen LogP contribution in [0.5, 0.6) is 5.75 Å². The van der Waals surface area contributed by atoms with Gasteiger partial charge in [0.25, 0.3) is 5.56 Å². The second kappa shape index (κ2) is 9.75. The quantitative estimate of drug-likeness (QED) is 0.689. The van der Waals surface area contributed by atoms with E-state index in [4.69, 9.17) is 0 Å². The van der Waals surface area contributed by atoms with Crippen molar-refractivity contribution in [2.45, 2.75) is 26.2 Å². The van der Waals surface area contributed by atoms with E-state index >= 15 is 0 Å². The molecule has 0 amide bonds. The molecule has 0 spiro atoms. The average molecular weight is 416 g/mol. The molecule has 2 aromatic heterocycles. The van der Waals surface area contributed by atoms with Crippen molar-refractivity contribution in [3.8, 4) is 5.75 Å². The van der Waals surface area contributed by atoms with Crippen LogP contribution in [0.15, 0.2) is 40.2 Å². The summed E-state index contributed by atoms with van der Waals surface area (Å²) in [5.74, 6) is 1.49. The molecule has 2 atom stereocenters. The molecule has 164 valence electrons. The van der Waals surface area contributed by atoms with Crippen molar-refractivity contribution < 1.29 is 5.11 Å². The molecule has 8 heteroatoms. The highest BCUT2D eigenvalue weighted by Crippen LogP contribution is 2.30. The first-order chi connectivity index (χ1) is 14.1. The number of aromatic hydroxyl groups is 1. The number of aromatic nitrogens is 4. The van der Waals surface area contributed by atoms with Gasteiger partial charge in [0.05, 0.1) is 6.33 Å². The minimum absolute atomic E-state index is 0.317. The Morgan fingerprint density at radius 3 is 2.37 bits per heavy atom. The Morgan fingerprint density at radius 2 is 1.80 bits per heavy atom. The summed E-state index contributed by atoms with van der Waals surface area (Å²) in [5.41, 5.74) is 1.43. The minimum Gasteiger partial charge on any atom is -0.508 e. The number of nitrogens with zero attached hydrogens (tertiary/aromatic N) is 5. The first kappa shape index (κ1) is 23.4. The third-order valence-corrected chi connectivity index (χ3v) is 5.39. The van der Waals surface area contributed by atoms with E-state index in [9.17, 15) is 14.7 Å². The molecule has 0 aliphatic heterocycles. The molecular formula is C22H33N5O3. The van der Waals surface area contributed by atoms with Gasteiger partial charge < -0.3 is 14.6 Å². The predicted molar refractivity (Wildman–Crippen MR) is 120 cm³/mol. The zero-order chi connectivity index (χ0) is 22.6. The van der Waals surface area contributed by atoms with E-state index in [-0.39, 0.29) is 11.2 Å². The Hall–Kier alpha value is -2.87. The van der Waals surface area contributed by atoms with Gasteiger partial charge in [0.1, 0.15) is 5.75 Å². The molecule has 3 rings (SSSR count). The van der Waals surface area contributed by atoms with Crippen LogP contribution in [-0.2, 0) is 21.1 Å². The smallest absolute Gasteiger partial charge is 0.332 e. The second-order valence-corrected chi connectivity index (χ2v) is 8.08. The van der Waals surface area contributed by atoms with E-state index in [2.05, 4.69) is 43.9 Å². The molecule has 0 fully saturated rings. The van der Waals surface area contributed by atoms with Crippen molar-refractivity contribution in [2.75, 3.05) is 20.6 Å². The SMILES string of the molecule is CC[C@@H](c1cccc(O)c1)[C@@H](C)CN(C)C.Cn1c(=O)c2c(ncn2C)n(C)c1=O. The number of phenols is 1. The van der Waals surface area contributed by atoms with Crippen LogP contribution >= 0.6 is 0 Å². The topological polar surface area (TPSA) is 85.3 Å². The van der Waals surface area contributed by atoms with E-state index in [1.165, 1.54) is 23.5 Å². The Kier molecular flexibility index (Phi) is 7.61. The molecule has 0 aliphatic carbocycles. The fourth-order valence-electron chi connectivity index (χ4n) is 3.90. The maximum absolute atomic E-state index is 11.7. The van der Waals surface area contributed by atoms with Gasteiger partial charge in [-0.1, -0.05) is 26.0 Å². The lowest BCUT2D eigenvalue weighted by molar-refractivity contribution is 0.301. The molecule has 0 saturated carbocycles. The van der Waals surface area contributed by atoms with Crippen LogP contribution in [0.3, 0.4) is 0 Å². The summed E-state index contributed by atoms with van der Waals surface area (Å²) in [6.45, 7) is 5.56. The molecule has 0 radical (unpaired) electrons. The van der Waals surface area contributed by atoms with Crippen LogP contribution in [0, 0.1) is 5.92 Å². The van der Waals surface area contributed by atoms with Crippen LogP contribution in [0.25, 0.3) is 11.2 Å². The monoisotopic (exact) mass is 415 g/mol. The molecular weight excluding hydrogens is 382 g/mol. The molecule has 0 unspecified atom stereocenters. The zero-order valence-electron chi connectivity index (χ0n) is 19.0. The van der Waals surface area contributed by atoms with Crippen molar-refractivity contribution in [2.24, 2.45) is 27.1 Å². The molecule has 0 saturated heterocycles. The Balaban J connectivity index is 0.000000215. The summed E-state index contributed by atoms with van der Waals surface area (Å²) in [4.78, 5) is 29.4. The number of benzene rings is 1. The van der Waals surface area contributed by atoms with Crippen molar-refractivity contribution in [1.82, 2.24) is 23.6 Å². The second-order valence-electron chi connectivity index (χ2n) is 8.08. The average Bonchev–Trinajstić information content (AvgIpc) is 3.07. The number of imidazole rings is 1. The third-order valence-electron chi connectivity index (χ3n) is 5.39. The summed E-state index contributed by atoms with van der Waals surface area (Å²) in [6.07, 6.45) is 2.63. The van der Waals surface area contributed by atoms with Crippen LogP contribution in [0.2, 0.25) is 0 Å². The highest BCUT2D eigenvalue weighted by Gasteiger charge is 2.18. The van der Waals surface area contributed by atoms with Crippen LogP contribution in [0.1, 0.15) is 31.7 Å². The van der Waals surface area contributed by atoms with E-state index in [0.717, 1.165) is 17.5 Å². The Bertz CT molecular complexity index is 1110. The fourth-order valence-corrected chi connectivity index (χ4v) is 3.90. The van der Waals surface area contributed by atoms with Crippen LogP contribution in [-0.4, -0.2) is 49.3 Å². The number of fused-ring (bicyclic) bond motifs is 1. The maximum Gasteiger partial charge on any atom is 0.332 e. The molecule has 0 aliphatic rings. The van der Waals surface area contributed by atoms with Gasteiger partial charge in [-0.05, 0) is 50.0 Å². The van der Waals surface area contributed by atoms with E-state index < -0.39 is 0 Å². The summed E-state index contributed by atoms with van der Waals surface area (Å²) in [5, 5.41) is 9.51. The van der Waals surface area contributed by atoms with Crippen LogP contribution in [0.4, 0.5) is 0 Å². The van der Waals surface area contributed by atoms with Crippen molar-refractivity contribution >= 4 is 11.2 Å². The maximum atomic E-state index is 11.7. The summed E-state index contributed by atoms with van der Waals surface area (Å²) in [6, 6.07) is 7.66. The third kappa shape index (κ3) is 4.99. The molecule has 30 heavy (non-hydrogen) atoms. The van der Waals surface area contributed by atoms with Gasteiger partial charge >= 0.3 is 5.69 Å². The lowest BCUT2D eigenvalue weighted by Crippen LogP contribution is -2.37. The standard InChI is InChI=1S/C14H23NO.C8H10N4O2/c1-5-14(11(2)10-15(3)4)12-7-6-8-13(16)9-12;1-10-4-9-6-5(10)7(13)12(3)8(14)11(6)2/h6-9,11,14,16H,5,10H2,1-4H3;4H,1-3H3/t11-,14+;/m0./s1. The van der Waals surface area contributed by atoms with Gasteiger partial charge in [0, 0.05) is 27.7 Å². The molecule has 1 aromatic carbocycles. The molecule has 1 N–H and O–H groups in total. The Labute approximate surface area is 177 Å². The fraction of sp³-hybridized carbons (Fsp3) is 0.500. The van der Waals surface area contributed by atoms with Gasteiger partial charge in [0.15, 0.2) is 11.2 Å². The minimum atomic E-state index is -0.360. The number of phenolic OH excluding ortho intramolecular Hbond substituents is 1. The number of hydrogen-bond acceptors (Lipinski definition) is 5. The van der Waals surface area contributed by atoms with Crippen molar-refractivity contribution in [1.29, 1.82) is 0 Å². The largest absolute Gasteiger partial charge is 0.508 e. The van der Waals surface area contributed by atoms with Crippen molar-refractivity contribution in [3.63, 3.8) is 0 Å². The van der Waals surface area contributed by atoms with E-state index in [0.29, 0.717) is 28.7 Å². The van der Waals surface area contributed by atoms with E-state index in [1.54, 1.807) is 24.7 Å². The lowest BCUT2D eigenvalue weighted by Gasteiger charge is -2.26. The number of rotatable bonds is 5. The number of aryl methyl sites for hydroxylation is 2. The highest BCUT2D eigenvalue weighted by molar-refractivity contribution is 5.69. The molecule has 8 nitrogen and oxygen atoms in total. The van der Waals surface area contributed by atoms with Gasteiger partial charge in [-0.3, -0.25) is 13.9 Å². The summed E-state index contributed by atoms with van der Waals surface area (Å²) >= 11 is 0. The van der Waals surface area contributed by atoms with Crippen LogP contribution < -0.4 is 11.2 Å². The van der Waals surface area contributed by atoms with Crippen molar-refractivity contribution in [3.05, 3.63) is 57.0 Å². The molecule has 2 heterocycles. The zero-order valence-corrected chi connectivity index (χ0v) is 19.0.